The zero-order valence-corrected chi connectivity index (χ0v) is 21.0. The second kappa shape index (κ2) is 8.25. The molecule has 0 aliphatic carbocycles. The van der Waals surface area contributed by atoms with Crippen molar-refractivity contribution in [2.45, 2.75) is 25.4 Å². The lowest BCUT2D eigenvalue weighted by Crippen LogP contribution is -2.48. The van der Waals surface area contributed by atoms with E-state index in [4.69, 9.17) is 37.8 Å². The second-order valence-corrected chi connectivity index (χ2v) is 10.1. The first-order valence-electron chi connectivity index (χ1n) is 11.5. The quantitative estimate of drug-likeness (QED) is 0.217. The van der Waals surface area contributed by atoms with Gasteiger partial charge < -0.3 is 9.47 Å². The molecule has 0 fully saturated rings. The van der Waals surface area contributed by atoms with E-state index in [-0.39, 0.29) is 16.5 Å². The van der Waals surface area contributed by atoms with E-state index < -0.39 is 11.5 Å². The van der Waals surface area contributed by atoms with Crippen LogP contribution in [0.5, 0.6) is 11.6 Å². The highest BCUT2D eigenvalue weighted by Gasteiger charge is 2.55. The number of hydrogen-bond donors (Lipinski definition) is 0. The van der Waals surface area contributed by atoms with Crippen LogP contribution in [0.4, 0.5) is 5.69 Å². The summed E-state index contributed by atoms with van der Waals surface area (Å²) in [5.41, 5.74) is 3.19. The Bertz CT molecular complexity index is 1520. The lowest BCUT2D eigenvalue weighted by Gasteiger charge is -2.49. The summed E-state index contributed by atoms with van der Waals surface area (Å²) in [7, 11) is 0. The highest BCUT2D eigenvalue weighted by Crippen LogP contribution is 2.58. The summed E-state index contributed by atoms with van der Waals surface area (Å²) in [5, 5.41) is 17.5. The van der Waals surface area contributed by atoms with Crippen LogP contribution >= 0.6 is 23.2 Å². The average molecular weight is 522 g/mol. The Hall–Kier alpha value is -3.55. The van der Waals surface area contributed by atoms with Crippen LogP contribution in [0.25, 0.3) is 5.69 Å². The van der Waals surface area contributed by atoms with Crippen molar-refractivity contribution in [3.63, 3.8) is 0 Å². The van der Waals surface area contributed by atoms with E-state index in [0.29, 0.717) is 34.0 Å². The molecule has 0 radical (unpaired) electrons. The summed E-state index contributed by atoms with van der Waals surface area (Å²) < 4.78 is 14.6. The van der Waals surface area contributed by atoms with Crippen LogP contribution < -0.4 is 9.47 Å². The minimum absolute atomic E-state index is 0.00598. The van der Waals surface area contributed by atoms with Gasteiger partial charge in [0.1, 0.15) is 11.9 Å². The highest BCUT2D eigenvalue weighted by molar-refractivity contribution is 6.34. The molecule has 36 heavy (non-hydrogen) atoms. The lowest BCUT2D eigenvalue weighted by atomic mass is 9.62. The second-order valence-electron chi connectivity index (χ2n) is 9.28. The van der Waals surface area contributed by atoms with Crippen molar-refractivity contribution in [1.82, 2.24) is 9.78 Å². The summed E-state index contributed by atoms with van der Waals surface area (Å²) >= 11 is 12.9. The zero-order valence-electron chi connectivity index (χ0n) is 19.4. The van der Waals surface area contributed by atoms with Crippen LogP contribution in [0.15, 0.2) is 66.7 Å². The van der Waals surface area contributed by atoms with Crippen molar-refractivity contribution in [3.8, 4) is 17.3 Å². The van der Waals surface area contributed by atoms with E-state index in [1.807, 2.05) is 37.3 Å². The van der Waals surface area contributed by atoms with Gasteiger partial charge in [0.15, 0.2) is 0 Å². The van der Waals surface area contributed by atoms with Gasteiger partial charge in [0, 0.05) is 39.6 Å². The van der Waals surface area contributed by atoms with Crippen molar-refractivity contribution in [1.29, 1.82) is 0 Å². The standard InChI is InChI=1S/C27H21Cl2N3O4/c1-15-24-26(31(30-15)22-12-17(28)8-10-21(22)29)36-25(16-6-4-3-5-7-16)20-14-35-23-11-9-18(32(33)34)13-19(23)27(20,24)2/h3-13,20,25H,14H2,1-2H3/t20-,25-,27-/m0/s1. The van der Waals surface area contributed by atoms with Crippen LogP contribution in [-0.4, -0.2) is 21.3 Å². The molecule has 7 nitrogen and oxygen atoms in total. The molecule has 2 aliphatic heterocycles. The lowest BCUT2D eigenvalue weighted by molar-refractivity contribution is -0.385. The van der Waals surface area contributed by atoms with Gasteiger partial charge in [-0.15, -0.1) is 0 Å². The number of fused-ring (bicyclic) bond motifs is 5. The summed E-state index contributed by atoms with van der Waals surface area (Å²) in [6.45, 7) is 4.39. The van der Waals surface area contributed by atoms with Gasteiger partial charge in [-0.1, -0.05) is 60.5 Å². The van der Waals surface area contributed by atoms with Gasteiger partial charge in [-0.2, -0.15) is 9.78 Å². The van der Waals surface area contributed by atoms with Crippen molar-refractivity contribution in [2.24, 2.45) is 5.92 Å². The predicted molar refractivity (Wildman–Crippen MR) is 137 cm³/mol. The molecule has 2 aliphatic rings. The molecule has 0 N–H and O–H groups in total. The molecular weight excluding hydrogens is 501 g/mol. The third kappa shape index (κ3) is 3.30. The van der Waals surface area contributed by atoms with E-state index in [0.717, 1.165) is 22.4 Å². The van der Waals surface area contributed by atoms with Gasteiger partial charge in [-0.25, -0.2) is 0 Å². The molecule has 1 aromatic heterocycles. The van der Waals surface area contributed by atoms with Gasteiger partial charge >= 0.3 is 0 Å². The van der Waals surface area contributed by atoms with E-state index in [2.05, 4.69) is 6.92 Å². The van der Waals surface area contributed by atoms with Crippen LogP contribution in [0.1, 0.15) is 35.4 Å². The Kier molecular flexibility index (Phi) is 5.24. The summed E-state index contributed by atoms with van der Waals surface area (Å²) in [6, 6.07) is 19.8. The van der Waals surface area contributed by atoms with Gasteiger partial charge in [-0.05, 0) is 36.8 Å². The molecule has 0 unspecified atom stereocenters. The number of nitro benzene ring substituents is 1. The van der Waals surface area contributed by atoms with Gasteiger partial charge in [-0.3, -0.25) is 10.1 Å². The topological polar surface area (TPSA) is 79.4 Å². The SMILES string of the molecule is Cc1nn(-c2cc(Cl)ccc2Cl)c2c1[C@@]1(C)c3cc([N+](=O)[O-])ccc3OC[C@H]1[C@H](c1ccccc1)O2. The van der Waals surface area contributed by atoms with Crippen LogP contribution in [0.3, 0.4) is 0 Å². The van der Waals surface area contributed by atoms with Crippen LogP contribution in [-0.2, 0) is 5.41 Å². The summed E-state index contributed by atoms with van der Waals surface area (Å²) in [5.74, 6) is 0.976. The Morgan fingerprint density at radius 3 is 2.64 bits per heavy atom. The summed E-state index contributed by atoms with van der Waals surface area (Å²) in [6.07, 6.45) is -0.399. The molecule has 0 amide bonds. The fraction of sp³-hybridized carbons (Fsp3) is 0.222. The highest BCUT2D eigenvalue weighted by atomic mass is 35.5. The van der Waals surface area contributed by atoms with E-state index >= 15 is 0 Å². The van der Waals surface area contributed by atoms with Crippen molar-refractivity contribution >= 4 is 28.9 Å². The van der Waals surface area contributed by atoms with Crippen molar-refractivity contribution < 1.29 is 14.4 Å². The number of halogens is 2. The normalized spacial score (nSPS) is 22.0. The fourth-order valence-electron chi connectivity index (χ4n) is 5.59. The van der Waals surface area contributed by atoms with E-state index in [1.165, 1.54) is 6.07 Å². The molecule has 4 aromatic rings. The molecule has 0 saturated heterocycles. The van der Waals surface area contributed by atoms with Crippen molar-refractivity contribution in [3.05, 3.63) is 109 Å². The zero-order chi connectivity index (χ0) is 25.2. The fourth-order valence-corrected chi connectivity index (χ4v) is 5.95. The average Bonchev–Trinajstić information content (AvgIpc) is 3.21. The molecule has 0 bridgehead atoms. The van der Waals surface area contributed by atoms with Gasteiger partial charge in [0.05, 0.1) is 27.9 Å². The largest absolute Gasteiger partial charge is 0.493 e. The Morgan fingerprint density at radius 2 is 1.89 bits per heavy atom. The number of nitrogens with zero attached hydrogens (tertiary/aromatic N) is 3. The smallest absolute Gasteiger partial charge is 0.270 e. The molecule has 0 spiro atoms. The Labute approximate surface area is 217 Å². The number of benzene rings is 3. The number of aryl methyl sites for hydroxylation is 1. The Morgan fingerprint density at radius 1 is 1.11 bits per heavy atom. The maximum absolute atomic E-state index is 11.7. The maximum Gasteiger partial charge on any atom is 0.270 e. The number of non-ortho nitro benzene ring substituents is 1. The number of nitro groups is 1. The van der Waals surface area contributed by atoms with E-state index in [1.54, 1.807) is 35.0 Å². The van der Waals surface area contributed by atoms with Crippen LogP contribution in [0.2, 0.25) is 10.0 Å². The molecule has 3 atom stereocenters. The molecule has 182 valence electrons. The minimum Gasteiger partial charge on any atom is -0.493 e. The van der Waals surface area contributed by atoms with E-state index in [9.17, 15) is 10.1 Å². The molecule has 3 heterocycles. The molecule has 0 saturated carbocycles. The monoisotopic (exact) mass is 521 g/mol. The minimum atomic E-state index is -0.693. The predicted octanol–water partition coefficient (Wildman–Crippen LogP) is 6.84. The van der Waals surface area contributed by atoms with Crippen molar-refractivity contribution in [2.75, 3.05) is 6.61 Å². The first kappa shape index (κ1) is 22.9. The summed E-state index contributed by atoms with van der Waals surface area (Å²) in [4.78, 5) is 11.3. The molecule has 9 heteroatoms. The number of hydrogen-bond acceptors (Lipinski definition) is 5. The van der Waals surface area contributed by atoms with Gasteiger partial charge in [0.25, 0.3) is 5.69 Å². The molecule has 3 aromatic carbocycles. The Balaban J connectivity index is 1.66. The van der Waals surface area contributed by atoms with Gasteiger partial charge in [0.2, 0.25) is 5.88 Å². The number of aromatic nitrogens is 2. The third-order valence-corrected chi connectivity index (χ3v) is 7.85. The first-order valence-corrected chi connectivity index (χ1v) is 12.2. The molecular formula is C27H21Cl2N3O4. The third-order valence-electron chi connectivity index (χ3n) is 7.30. The molecule has 6 rings (SSSR count). The first-order chi connectivity index (χ1) is 17.3. The number of ether oxygens (including phenoxy) is 2. The number of rotatable bonds is 3. The maximum atomic E-state index is 11.7. The van der Waals surface area contributed by atoms with Crippen LogP contribution in [0, 0.1) is 23.0 Å².